The molecule has 0 bridgehead atoms. The Bertz CT molecular complexity index is 939. The summed E-state index contributed by atoms with van der Waals surface area (Å²) in [5.41, 5.74) is 8.44. The van der Waals surface area contributed by atoms with Crippen molar-refractivity contribution in [2.24, 2.45) is 0 Å². The number of piperazine rings is 1. The predicted octanol–water partition coefficient (Wildman–Crippen LogP) is 4.64. The van der Waals surface area contributed by atoms with Gasteiger partial charge in [0, 0.05) is 52.5 Å². The van der Waals surface area contributed by atoms with Gasteiger partial charge in [-0.15, -0.1) is 0 Å². The second-order valence-electron chi connectivity index (χ2n) is 8.45. The van der Waals surface area contributed by atoms with Crippen molar-refractivity contribution in [1.82, 2.24) is 9.80 Å². The summed E-state index contributed by atoms with van der Waals surface area (Å²) < 4.78 is 0. The number of hydrogen-bond donors (Lipinski definition) is 0. The minimum atomic E-state index is 0.406. The summed E-state index contributed by atoms with van der Waals surface area (Å²) in [6.45, 7) is 5.51. The Labute approximate surface area is 174 Å². The first-order valence-electron chi connectivity index (χ1n) is 10.6. The van der Waals surface area contributed by atoms with E-state index in [0.29, 0.717) is 6.04 Å². The normalized spacial score (nSPS) is 17.2. The molecule has 0 aromatic heterocycles. The van der Waals surface area contributed by atoms with E-state index < -0.39 is 0 Å². The van der Waals surface area contributed by atoms with E-state index in [1.807, 2.05) is 0 Å². The van der Waals surface area contributed by atoms with Crippen LogP contribution in [0, 0.1) is 0 Å². The summed E-state index contributed by atoms with van der Waals surface area (Å²) in [6, 6.07) is 27.3. The van der Waals surface area contributed by atoms with Gasteiger partial charge in [0.05, 0.1) is 6.04 Å². The van der Waals surface area contributed by atoms with E-state index in [-0.39, 0.29) is 0 Å². The molecule has 3 nitrogen and oxygen atoms in total. The van der Waals surface area contributed by atoms with Gasteiger partial charge in [0.25, 0.3) is 0 Å². The van der Waals surface area contributed by atoms with E-state index in [2.05, 4.69) is 102 Å². The Hall–Kier alpha value is -2.62. The van der Waals surface area contributed by atoms with Crippen LogP contribution in [-0.2, 0) is 6.54 Å². The zero-order valence-electron chi connectivity index (χ0n) is 17.4. The van der Waals surface area contributed by atoms with Crippen LogP contribution in [0.5, 0.6) is 0 Å². The highest BCUT2D eigenvalue weighted by Gasteiger charge is 2.33. The number of anilines is 1. The molecule has 0 radical (unpaired) electrons. The zero-order valence-corrected chi connectivity index (χ0v) is 17.4. The van der Waals surface area contributed by atoms with E-state index in [0.717, 1.165) is 32.7 Å². The number of benzene rings is 3. The van der Waals surface area contributed by atoms with Crippen molar-refractivity contribution in [3.63, 3.8) is 0 Å². The molecule has 0 saturated carbocycles. The lowest BCUT2D eigenvalue weighted by Crippen LogP contribution is -2.47. The van der Waals surface area contributed by atoms with Gasteiger partial charge in [0.15, 0.2) is 0 Å². The minimum absolute atomic E-state index is 0.406. The van der Waals surface area contributed by atoms with E-state index >= 15 is 0 Å². The molecule has 1 aliphatic carbocycles. The van der Waals surface area contributed by atoms with Crippen molar-refractivity contribution in [3.8, 4) is 11.1 Å². The molecule has 0 N–H and O–H groups in total. The molecule has 1 aliphatic heterocycles. The Kier molecular flexibility index (Phi) is 4.86. The van der Waals surface area contributed by atoms with Crippen LogP contribution in [0.15, 0.2) is 72.8 Å². The number of fused-ring (bicyclic) bond motifs is 3. The summed E-state index contributed by atoms with van der Waals surface area (Å²) in [7, 11) is 4.18. The molecule has 148 valence electrons. The maximum atomic E-state index is 2.68. The lowest BCUT2D eigenvalue weighted by Gasteiger charge is -2.38. The second-order valence-corrected chi connectivity index (χ2v) is 8.45. The van der Waals surface area contributed by atoms with Gasteiger partial charge in [-0.05, 0) is 39.9 Å². The molecule has 0 spiro atoms. The first kappa shape index (κ1) is 18.4. The van der Waals surface area contributed by atoms with Crippen LogP contribution in [0.1, 0.15) is 22.7 Å². The van der Waals surface area contributed by atoms with Crippen LogP contribution in [-0.4, -0.2) is 50.1 Å². The van der Waals surface area contributed by atoms with Gasteiger partial charge in [-0.1, -0.05) is 60.7 Å². The van der Waals surface area contributed by atoms with Crippen molar-refractivity contribution in [2.45, 2.75) is 12.6 Å². The van der Waals surface area contributed by atoms with Gasteiger partial charge in [0.1, 0.15) is 0 Å². The lowest BCUT2D eigenvalue weighted by molar-refractivity contribution is 0.106. The van der Waals surface area contributed by atoms with Gasteiger partial charge in [0.2, 0.25) is 0 Å². The average molecular weight is 384 g/mol. The summed E-state index contributed by atoms with van der Waals surface area (Å²) in [5.74, 6) is 0. The Balaban J connectivity index is 1.29. The molecule has 0 amide bonds. The smallest absolute Gasteiger partial charge is 0.0614 e. The predicted molar refractivity (Wildman–Crippen MR) is 121 cm³/mol. The summed E-state index contributed by atoms with van der Waals surface area (Å²) in [4.78, 5) is 7.42. The second kappa shape index (κ2) is 7.66. The highest BCUT2D eigenvalue weighted by molar-refractivity contribution is 5.78. The molecule has 3 heteroatoms. The summed E-state index contributed by atoms with van der Waals surface area (Å²) in [5, 5.41) is 0. The number of hydrogen-bond acceptors (Lipinski definition) is 3. The van der Waals surface area contributed by atoms with Crippen LogP contribution < -0.4 is 4.90 Å². The van der Waals surface area contributed by atoms with Crippen molar-refractivity contribution < 1.29 is 0 Å². The Morgan fingerprint density at radius 2 is 1.28 bits per heavy atom. The molecule has 1 heterocycles. The largest absolute Gasteiger partial charge is 0.378 e. The van der Waals surface area contributed by atoms with E-state index in [4.69, 9.17) is 0 Å². The molecule has 3 aromatic rings. The number of rotatable bonds is 4. The molecule has 1 fully saturated rings. The SMILES string of the molecule is CN(C)c1ccc(CN2CCN(C3c4ccccc4-c4ccccc43)CC2)cc1. The van der Waals surface area contributed by atoms with E-state index in [1.54, 1.807) is 0 Å². The average Bonchev–Trinajstić information content (AvgIpc) is 3.09. The molecule has 29 heavy (non-hydrogen) atoms. The first-order valence-corrected chi connectivity index (χ1v) is 10.6. The molecule has 2 aliphatic rings. The Morgan fingerprint density at radius 3 is 1.83 bits per heavy atom. The zero-order chi connectivity index (χ0) is 19.8. The van der Waals surface area contributed by atoms with Gasteiger partial charge in [-0.25, -0.2) is 0 Å². The topological polar surface area (TPSA) is 9.72 Å². The lowest BCUT2D eigenvalue weighted by atomic mass is 10.0. The monoisotopic (exact) mass is 383 g/mol. The third-order valence-corrected chi connectivity index (χ3v) is 6.43. The van der Waals surface area contributed by atoms with Crippen LogP contribution in [0.3, 0.4) is 0 Å². The fourth-order valence-electron chi connectivity index (χ4n) is 4.86. The van der Waals surface area contributed by atoms with Crippen molar-refractivity contribution in [1.29, 1.82) is 0 Å². The summed E-state index contributed by atoms with van der Waals surface area (Å²) >= 11 is 0. The van der Waals surface area contributed by atoms with Crippen LogP contribution >= 0.6 is 0 Å². The van der Waals surface area contributed by atoms with Gasteiger partial charge < -0.3 is 4.90 Å². The molecule has 5 rings (SSSR count). The fraction of sp³-hybridized carbons (Fsp3) is 0.308. The van der Waals surface area contributed by atoms with E-state index in [9.17, 15) is 0 Å². The molecule has 3 aromatic carbocycles. The van der Waals surface area contributed by atoms with Crippen molar-refractivity contribution >= 4 is 5.69 Å². The third-order valence-electron chi connectivity index (χ3n) is 6.43. The molecular weight excluding hydrogens is 354 g/mol. The van der Waals surface area contributed by atoms with Gasteiger partial charge >= 0.3 is 0 Å². The van der Waals surface area contributed by atoms with Gasteiger partial charge in [-0.3, -0.25) is 9.80 Å². The molecule has 0 atom stereocenters. The minimum Gasteiger partial charge on any atom is -0.378 e. The number of nitrogens with zero attached hydrogens (tertiary/aromatic N) is 3. The Morgan fingerprint density at radius 1 is 0.724 bits per heavy atom. The molecule has 0 unspecified atom stereocenters. The fourth-order valence-corrected chi connectivity index (χ4v) is 4.86. The quantitative estimate of drug-likeness (QED) is 0.650. The highest BCUT2D eigenvalue weighted by Crippen LogP contribution is 2.46. The maximum absolute atomic E-state index is 2.68. The van der Waals surface area contributed by atoms with E-state index in [1.165, 1.54) is 33.5 Å². The standard InChI is InChI=1S/C26H29N3/c1-27(2)21-13-11-20(12-14-21)19-28-15-17-29(18-16-28)26-24-9-5-3-7-22(24)23-8-4-6-10-25(23)26/h3-14,26H,15-19H2,1-2H3. The third kappa shape index (κ3) is 3.45. The van der Waals surface area contributed by atoms with Gasteiger partial charge in [-0.2, -0.15) is 0 Å². The van der Waals surface area contributed by atoms with Crippen LogP contribution in [0.25, 0.3) is 11.1 Å². The summed E-state index contributed by atoms with van der Waals surface area (Å²) in [6.07, 6.45) is 0. The maximum Gasteiger partial charge on any atom is 0.0614 e. The van der Waals surface area contributed by atoms with Crippen molar-refractivity contribution in [2.75, 3.05) is 45.2 Å². The molecular formula is C26H29N3. The van der Waals surface area contributed by atoms with Crippen molar-refractivity contribution in [3.05, 3.63) is 89.5 Å². The van der Waals surface area contributed by atoms with Crippen LogP contribution in [0.4, 0.5) is 5.69 Å². The van der Waals surface area contributed by atoms with Crippen LogP contribution in [0.2, 0.25) is 0 Å². The highest BCUT2D eigenvalue weighted by atomic mass is 15.3. The first-order chi connectivity index (χ1) is 14.2. The molecule has 1 saturated heterocycles.